The van der Waals surface area contributed by atoms with Gasteiger partial charge in [0.05, 0.1) is 6.10 Å². The Morgan fingerprint density at radius 3 is 2.47 bits per heavy atom. The van der Waals surface area contributed by atoms with Gasteiger partial charge in [-0.2, -0.15) is 0 Å². The van der Waals surface area contributed by atoms with Crippen LogP contribution in [-0.2, 0) is 4.74 Å². The molecule has 0 amide bonds. The number of hydrogen-bond acceptors (Lipinski definition) is 3. The number of carbonyl (C=O) groups is 2. The van der Waals surface area contributed by atoms with Crippen molar-refractivity contribution in [3.63, 3.8) is 0 Å². The summed E-state index contributed by atoms with van der Waals surface area (Å²) in [6.45, 7) is 1.92. The highest BCUT2D eigenvalue weighted by Crippen LogP contribution is 2.33. The number of ketones is 2. The van der Waals surface area contributed by atoms with E-state index in [1.54, 1.807) is 24.3 Å². The lowest BCUT2D eigenvalue weighted by Crippen LogP contribution is -2.29. The Morgan fingerprint density at radius 1 is 1.12 bits per heavy atom. The minimum Gasteiger partial charge on any atom is -0.486 e. The first kappa shape index (κ1) is 10.3. The van der Waals surface area contributed by atoms with E-state index in [0.29, 0.717) is 23.1 Å². The maximum Gasteiger partial charge on any atom is 0.228 e. The van der Waals surface area contributed by atoms with Crippen LogP contribution in [0, 0.1) is 0 Å². The molecule has 0 aromatic heterocycles. The van der Waals surface area contributed by atoms with Gasteiger partial charge in [0.15, 0.2) is 11.5 Å². The summed E-state index contributed by atoms with van der Waals surface area (Å²) in [5.41, 5.74) is 1.52. The highest BCUT2D eigenvalue weighted by molar-refractivity contribution is 6.26. The molecule has 17 heavy (non-hydrogen) atoms. The molecule has 1 aromatic rings. The van der Waals surface area contributed by atoms with Crippen molar-refractivity contribution in [3.8, 4) is 0 Å². The number of hydrogen-bond donors (Lipinski definition) is 0. The van der Waals surface area contributed by atoms with Crippen LogP contribution >= 0.6 is 0 Å². The van der Waals surface area contributed by atoms with Gasteiger partial charge in [0.25, 0.3) is 0 Å². The molecule has 2 aliphatic rings. The third-order valence-electron chi connectivity index (χ3n) is 3.29. The van der Waals surface area contributed by atoms with Crippen LogP contribution in [0.4, 0.5) is 0 Å². The van der Waals surface area contributed by atoms with Gasteiger partial charge in [-0.1, -0.05) is 24.3 Å². The summed E-state index contributed by atoms with van der Waals surface area (Å²) in [6, 6.07) is 6.93. The van der Waals surface area contributed by atoms with Gasteiger partial charge in [0.1, 0.15) is 0 Å². The number of benzene rings is 1. The maximum atomic E-state index is 12.2. The van der Waals surface area contributed by atoms with Crippen LogP contribution in [0.15, 0.2) is 35.6 Å². The predicted octanol–water partition coefficient (Wildman–Crippen LogP) is 2.52. The summed E-state index contributed by atoms with van der Waals surface area (Å²) in [5.74, 6) is 0.0660. The van der Waals surface area contributed by atoms with E-state index in [1.807, 2.05) is 6.92 Å². The zero-order valence-electron chi connectivity index (χ0n) is 9.53. The van der Waals surface area contributed by atoms with Crippen molar-refractivity contribution in [2.24, 2.45) is 0 Å². The van der Waals surface area contributed by atoms with Crippen LogP contribution in [0.1, 0.15) is 40.5 Å². The van der Waals surface area contributed by atoms with E-state index in [-0.39, 0.29) is 23.4 Å². The molecule has 1 atom stereocenters. The molecule has 0 radical (unpaired) electrons. The summed E-state index contributed by atoms with van der Waals surface area (Å²) < 4.78 is 5.54. The van der Waals surface area contributed by atoms with Gasteiger partial charge in [-0.3, -0.25) is 9.59 Å². The highest BCUT2D eigenvalue weighted by atomic mass is 16.5. The summed E-state index contributed by atoms with van der Waals surface area (Å²) in [5, 5.41) is 0. The quantitative estimate of drug-likeness (QED) is 0.685. The fourth-order valence-electron chi connectivity index (χ4n) is 2.36. The molecular weight excluding hydrogens is 216 g/mol. The fraction of sp³-hybridized carbons (Fsp3) is 0.286. The third kappa shape index (κ3) is 1.42. The molecule has 1 aliphatic carbocycles. The van der Waals surface area contributed by atoms with E-state index in [9.17, 15) is 9.59 Å². The molecule has 3 heteroatoms. The van der Waals surface area contributed by atoms with Gasteiger partial charge in [-0.25, -0.2) is 0 Å². The number of Topliss-reactive ketones (excluding diaryl/α,β-unsaturated/α-hetero) is 2. The van der Waals surface area contributed by atoms with Gasteiger partial charge in [-0.15, -0.1) is 0 Å². The maximum absolute atomic E-state index is 12.2. The molecule has 0 saturated carbocycles. The third-order valence-corrected chi connectivity index (χ3v) is 3.29. The first-order valence-corrected chi connectivity index (χ1v) is 5.76. The largest absolute Gasteiger partial charge is 0.486 e. The van der Waals surface area contributed by atoms with Crippen molar-refractivity contribution in [2.75, 3.05) is 0 Å². The topological polar surface area (TPSA) is 43.4 Å². The molecule has 3 rings (SSSR count). The second-order valence-corrected chi connectivity index (χ2v) is 4.48. The van der Waals surface area contributed by atoms with Gasteiger partial charge >= 0.3 is 0 Å². The molecule has 0 spiro atoms. The highest BCUT2D eigenvalue weighted by Gasteiger charge is 2.36. The zero-order chi connectivity index (χ0) is 12.0. The lowest BCUT2D eigenvalue weighted by molar-refractivity contribution is 0.0679. The number of rotatable bonds is 0. The summed E-state index contributed by atoms with van der Waals surface area (Å²) in [6.07, 6.45) is 1.44. The van der Waals surface area contributed by atoms with Crippen molar-refractivity contribution in [1.82, 2.24) is 0 Å². The van der Waals surface area contributed by atoms with Gasteiger partial charge in [0.2, 0.25) is 5.78 Å². The number of allylic oxidation sites excluding steroid dienone is 2. The zero-order valence-corrected chi connectivity index (χ0v) is 9.53. The van der Waals surface area contributed by atoms with E-state index in [2.05, 4.69) is 0 Å². The molecule has 86 valence electrons. The summed E-state index contributed by atoms with van der Waals surface area (Å²) >= 11 is 0. The lowest BCUT2D eigenvalue weighted by Gasteiger charge is -2.28. The molecular formula is C14H12O3. The normalized spacial score (nSPS) is 23.0. The van der Waals surface area contributed by atoms with Crippen molar-refractivity contribution in [3.05, 3.63) is 46.7 Å². The Hall–Kier alpha value is -1.90. The molecule has 1 unspecified atom stereocenters. The van der Waals surface area contributed by atoms with E-state index < -0.39 is 0 Å². The SMILES string of the molecule is CC1CCC2=C(O1)C(=O)c1ccccc1C2=O. The fourth-order valence-corrected chi connectivity index (χ4v) is 2.36. The smallest absolute Gasteiger partial charge is 0.228 e. The van der Waals surface area contributed by atoms with Crippen molar-refractivity contribution in [2.45, 2.75) is 25.9 Å². The number of ether oxygens (including phenoxy) is 1. The van der Waals surface area contributed by atoms with Crippen LogP contribution in [0.3, 0.4) is 0 Å². The Bertz CT molecular complexity index is 554. The second-order valence-electron chi connectivity index (χ2n) is 4.48. The van der Waals surface area contributed by atoms with Crippen LogP contribution in [-0.4, -0.2) is 17.7 Å². The molecule has 1 aromatic carbocycles. The van der Waals surface area contributed by atoms with E-state index >= 15 is 0 Å². The molecule has 0 fully saturated rings. The average molecular weight is 228 g/mol. The lowest BCUT2D eigenvalue weighted by atomic mass is 9.84. The Balaban J connectivity index is 2.17. The van der Waals surface area contributed by atoms with Crippen LogP contribution in [0.25, 0.3) is 0 Å². The average Bonchev–Trinajstić information content (AvgIpc) is 2.36. The van der Waals surface area contributed by atoms with Gasteiger partial charge in [0, 0.05) is 16.7 Å². The summed E-state index contributed by atoms with van der Waals surface area (Å²) in [4.78, 5) is 24.4. The van der Waals surface area contributed by atoms with Crippen molar-refractivity contribution >= 4 is 11.6 Å². The molecule has 1 aliphatic heterocycles. The number of carbonyl (C=O) groups excluding carboxylic acids is 2. The molecule has 3 nitrogen and oxygen atoms in total. The molecule has 1 heterocycles. The monoisotopic (exact) mass is 228 g/mol. The van der Waals surface area contributed by atoms with Crippen LogP contribution in [0.2, 0.25) is 0 Å². The van der Waals surface area contributed by atoms with E-state index in [4.69, 9.17) is 4.74 Å². The Morgan fingerprint density at radius 2 is 1.76 bits per heavy atom. The number of fused-ring (bicyclic) bond motifs is 1. The minimum absolute atomic E-state index is 0.00997. The predicted molar refractivity (Wildman–Crippen MR) is 61.9 cm³/mol. The van der Waals surface area contributed by atoms with E-state index in [1.165, 1.54) is 0 Å². The van der Waals surface area contributed by atoms with Crippen molar-refractivity contribution in [1.29, 1.82) is 0 Å². The first-order valence-electron chi connectivity index (χ1n) is 5.76. The van der Waals surface area contributed by atoms with Gasteiger partial charge < -0.3 is 4.74 Å². The minimum atomic E-state index is -0.151. The summed E-state index contributed by atoms with van der Waals surface area (Å²) in [7, 11) is 0. The first-order chi connectivity index (χ1) is 8.18. The molecule has 0 saturated heterocycles. The standard InChI is InChI=1S/C14H12O3/c1-8-6-7-11-12(15)9-4-2-3-5-10(9)13(16)14(11)17-8/h2-5,8H,6-7H2,1H3. The van der Waals surface area contributed by atoms with Crippen LogP contribution in [0.5, 0.6) is 0 Å². The Labute approximate surface area is 99.1 Å². The molecule has 0 N–H and O–H groups in total. The molecule has 0 bridgehead atoms. The second kappa shape index (κ2) is 3.55. The van der Waals surface area contributed by atoms with Gasteiger partial charge in [-0.05, 0) is 19.8 Å². The Kier molecular flexibility index (Phi) is 2.15. The van der Waals surface area contributed by atoms with Crippen LogP contribution < -0.4 is 0 Å². The van der Waals surface area contributed by atoms with Crippen molar-refractivity contribution < 1.29 is 14.3 Å². The van der Waals surface area contributed by atoms with E-state index in [0.717, 1.165) is 6.42 Å².